The van der Waals surface area contributed by atoms with Crippen molar-refractivity contribution in [2.75, 3.05) is 4.90 Å². The Balaban J connectivity index is 0.959. The molecule has 0 amide bonds. The van der Waals surface area contributed by atoms with Crippen LogP contribution < -0.4 is 4.90 Å². The molecule has 0 heterocycles. The van der Waals surface area contributed by atoms with Gasteiger partial charge >= 0.3 is 0 Å². The smallest absolute Gasteiger partial charge is 0.0714 e. The van der Waals surface area contributed by atoms with Crippen LogP contribution in [0.4, 0.5) is 17.1 Å². The number of benzene rings is 13. The van der Waals surface area contributed by atoms with E-state index in [-0.39, 0.29) is 0 Å². The Labute approximate surface area is 450 Å². The third kappa shape index (κ3) is 6.80. The molecule has 1 heteroatoms. The molecule has 0 saturated carbocycles. The Bertz CT molecular complexity index is 4150. The summed E-state index contributed by atoms with van der Waals surface area (Å²) in [6.45, 7) is 0. The number of hydrogen-bond acceptors (Lipinski definition) is 1. The molecule has 2 aliphatic carbocycles. The van der Waals surface area contributed by atoms with Crippen molar-refractivity contribution in [3.63, 3.8) is 0 Å². The molecule has 2 aliphatic rings. The molecule has 0 atom stereocenters. The summed E-state index contributed by atoms with van der Waals surface area (Å²) >= 11 is 0. The Morgan fingerprint density at radius 2 is 0.558 bits per heavy atom. The lowest BCUT2D eigenvalue weighted by Crippen LogP contribution is -2.31. The summed E-state index contributed by atoms with van der Waals surface area (Å²) in [5, 5.41) is 4.97. The number of rotatable bonds is 9. The van der Waals surface area contributed by atoms with Gasteiger partial charge in [0.05, 0.1) is 10.8 Å². The van der Waals surface area contributed by atoms with Crippen LogP contribution in [0.2, 0.25) is 0 Å². The lowest BCUT2D eigenvalue weighted by atomic mass is 9.64. The summed E-state index contributed by atoms with van der Waals surface area (Å²) < 4.78 is 0. The molecule has 0 bridgehead atoms. The molecule has 77 heavy (non-hydrogen) atoms. The van der Waals surface area contributed by atoms with Crippen molar-refractivity contribution in [3.8, 4) is 44.5 Å². The van der Waals surface area contributed by atoms with E-state index in [1.54, 1.807) is 0 Å². The van der Waals surface area contributed by atoms with Gasteiger partial charge in [0.2, 0.25) is 0 Å². The molecule has 13 aromatic carbocycles. The van der Waals surface area contributed by atoms with E-state index in [0.717, 1.165) is 17.1 Å². The number of nitrogens with zero attached hydrogens (tertiary/aromatic N) is 1. The molecule has 0 fully saturated rings. The first kappa shape index (κ1) is 44.6. The average Bonchev–Trinajstić information content (AvgIpc) is 4.02. The summed E-state index contributed by atoms with van der Waals surface area (Å²) in [5.41, 5.74) is 22.0. The third-order valence-corrected chi connectivity index (χ3v) is 16.8. The van der Waals surface area contributed by atoms with E-state index in [0.29, 0.717) is 0 Å². The van der Waals surface area contributed by atoms with Gasteiger partial charge in [-0.2, -0.15) is 0 Å². The van der Waals surface area contributed by atoms with Crippen LogP contribution in [0, 0.1) is 0 Å². The minimum atomic E-state index is -0.684. The van der Waals surface area contributed by atoms with Crippen LogP contribution in [0.1, 0.15) is 44.5 Å². The molecule has 0 aromatic heterocycles. The normalized spacial score (nSPS) is 13.4. The summed E-state index contributed by atoms with van der Waals surface area (Å²) in [6.07, 6.45) is 0. The van der Waals surface area contributed by atoms with Crippen molar-refractivity contribution in [1.82, 2.24) is 0 Å². The SMILES string of the molecule is c1ccc(C2(c3ccc4c(c3)C(c3ccccc3)(c3ccccc3)c3cc(N(c5ccc(-c6cccc7ccccc67)cc5)c5ccc(-c6cccc7ccccc67)cc5)ccc3-4)c3ccccc3-c3ccccc32)cc1. The zero-order chi connectivity index (χ0) is 50.9. The zero-order valence-electron chi connectivity index (χ0n) is 42.4. The van der Waals surface area contributed by atoms with E-state index in [1.807, 2.05) is 0 Å². The fourth-order valence-electron chi connectivity index (χ4n) is 13.5. The fraction of sp³-hybridized carbons (Fsp3) is 0.0263. The van der Waals surface area contributed by atoms with E-state index < -0.39 is 10.8 Å². The van der Waals surface area contributed by atoms with E-state index in [1.165, 1.54) is 111 Å². The van der Waals surface area contributed by atoms with Crippen LogP contribution in [-0.4, -0.2) is 0 Å². The van der Waals surface area contributed by atoms with Crippen LogP contribution in [-0.2, 0) is 10.8 Å². The second-order valence-corrected chi connectivity index (χ2v) is 20.7. The maximum absolute atomic E-state index is 2.58. The van der Waals surface area contributed by atoms with Gasteiger partial charge in [-0.3, -0.25) is 0 Å². The standard InChI is InChI=1S/C76H51N/c1-4-24-56(25-5-1)75(57-26-6-2-7-27-57)73-50-59(76(58-28-8-3-9-29-58)71-36-16-14-32-67(71)68-33-15-17-37-72(68)76)42-48-69(73)70-49-47-62(51-74(70)75)77(60-43-38-54(39-44-60)65-34-18-22-52-20-10-12-30-63(52)65)61-45-40-55(41-46-61)66-35-19-23-53-21-11-13-31-64(53)66/h1-51H. The molecule has 0 N–H and O–H groups in total. The first-order valence-corrected chi connectivity index (χ1v) is 26.8. The van der Waals surface area contributed by atoms with Gasteiger partial charge in [0.1, 0.15) is 0 Å². The van der Waals surface area contributed by atoms with Crippen molar-refractivity contribution in [2.24, 2.45) is 0 Å². The number of hydrogen-bond donors (Lipinski definition) is 0. The third-order valence-electron chi connectivity index (χ3n) is 16.8. The van der Waals surface area contributed by atoms with Crippen molar-refractivity contribution < 1.29 is 0 Å². The largest absolute Gasteiger partial charge is 0.310 e. The van der Waals surface area contributed by atoms with Crippen molar-refractivity contribution in [2.45, 2.75) is 10.8 Å². The number of fused-ring (bicyclic) bond motifs is 8. The van der Waals surface area contributed by atoms with Gasteiger partial charge < -0.3 is 4.90 Å². The van der Waals surface area contributed by atoms with Gasteiger partial charge in [-0.1, -0.05) is 273 Å². The van der Waals surface area contributed by atoms with E-state index in [2.05, 4.69) is 314 Å². The molecular formula is C76H51N. The van der Waals surface area contributed by atoms with E-state index in [4.69, 9.17) is 0 Å². The van der Waals surface area contributed by atoms with Crippen LogP contribution in [0.3, 0.4) is 0 Å². The lowest BCUT2D eigenvalue weighted by Gasteiger charge is -2.37. The number of anilines is 3. The lowest BCUT2D eigenvalue weighted by molar-refractivity contribution is 0.742. The second kappa shape index (κ2) is 17.9. The summed E-state index contributed by atoms with van der Waals surface area (Å²) in [6, 6.07) is 115. The van der Waals surface area contributed by atoms with Crippen LogP contribution >= 0.6 is 0 Å². The molecule has 0 spiro atoms. The highest BCUT2D eigenvalue weighted by Crippen LogP contribution is 2.61. The van der Waals surface area contributed by atoms with Crippen molar-refractivity contribution >= 4 is 38.6 Å². The van der Waals surface area contributed by atoms with Crippen LogP contribution in [0.5, 0.6) is 0 Å². The predicted molar refractivity (Wildman–Crippen MR) is 322 cm³/mol. The monoisotopic (exact) mass is 977 g/mol. The molecule has 0 unspecified atom stereocenters. The predicted octanol–water partition coefficient (Wildman–Crippen LogP) is 19.5. The van der Waals surface area contributed by atoms with Crippen LogP contribution in [0.15, 0.2) is 309 Å². The fourth-order valence-corrected chi connectivity index (χ4v) is 13.5. The minimum Gasteiger partial charge on any atom is -0.310 e. The van der Waals surface area contributed by atoms with Gasteiger partial charge in [0, 0.05) is 17.1 Å². The minimum absolute atomic E-state index is 0.560. The second-order valence-electron chi connectivity index (χ2n) is 20.7. The van der Waals surface area contributed by atoms with E-state index in [9.17, 15) is 0 Å². The maximum atomic E-state index is 2.58. The first-order valence-electron chi connectivity index (χ1n) is 26.8. The highest BCUT2D eigenvalue weighted by atomic mass is 15.1. The molecule has 13 aromatic rings. The Morgan fingerprint density at radius 1 is 0.208 bits per heavy atom. The molecule has 15 rings (SSSR count). The summed E-state index contributed by atoms with van der Waals surface area (Å²) in [7, 11) is 0. The Morgan fingerprint density at radius 3 is 1.05 bits per heavy atom. The quantitative estimate of drug-likeness (QED) is 0.139. The van der Waals surface area contributed by atoms with Crippen molar-refractivity contribution in [3.05, 3.63) is 354 Å². The van der Waals surface area contributed by atoms with Gasteiger partial charge in [-0.15, -0.1) is 0 Å². The Kier molecular flexibility index (Phi) is 10.4. The van der Waals surface area contributed by atoms with Gasteiger partial charge in [-0.05, 0) is 147 Å². The molecule has 0 saturated heterocycles. The highest BCUT2D eigenvalue weighted by molar-refractivity contribution is 5.99. The van der Waals surface area contributed by atoms with Crippen LogP contribution in [0.25, 0.3) is 66.1 Å². The van der Waals surface area contributed by atoms with Gasteiger partial charge in [0.15, 0.2) is 0 Å². The van der Waals surface area contributed by atoms with Crippen molar-refractivity contribution in [1.29, 1.82) is 0 Å². The zero-order valence-corrected chi connectivity index (χ0v) is 42.4. The first-order chi connectivity index (χ1) is 38.2. The topological polar surface area (TPSA) is 3.24 Å². The molecular weight excluding hydrogens is 927 g/mol. The summed E-state index contributed by atoms with van der Waals surface area (Å²) in [5.74, 6) is 0. The highest BCUT2D eigenvalue weighted by Gasteiger charge is 2.50. The molecule has 360 valence electrons. The van der Waals surface area contributed by atoms with E-state index >= 15 is 0 Å². The molecule has 0 radical (unpaired) electrons. The average molecular weight is 978 g/mol. The summed E-state index contributed by atoms with van der Waals surface area (Å²) in [4.78, 5) is 2.45. The Hall–Kier alpha value is -9.82. The molecule has 1 nitrogen and oxygen atoms in total. The molecule has 0 aliphatic heterocycles. The maximum Gasteiger partial charge on any atom is 0.0714 e. The van der Waals surface area contributed by atoms with Gasteiger partial charge in [-0.25, -0.2) is 0 Å². The van der Waals surface area contributed by atoms with Gasteiger partial charge in [0.25, 0.3) is 0 Å².